The summed E-state index contributed by atoms with van der Waals surface area (Å²) in [7, 11) is -3.65. The Balaban J connectivity index is 2.11. The first-order valence-corrected chi connectivity index (χ1v) is 7.33. The number of imidazole rings is 1. The van der Waals surface area contributed by atoms with E-state index in [-0.39, 0.29) is 11.6 Å². The molecule has 0 aliphatic carbocycles. The molecule has 6 nitrogen and oxygen atoms in total. The maximum absolute atomic E-state index is 12.5. The van der Waals surface area contributed by atoms with E-state index in [1.54, 1.807) is 24.3 Å². The SMILES string of the molecule is O=S(=O)(c1cnc[nH]1)N1CCC(O)c2ccccc21. The van der Waals surface area contributed by atoms with Gasteiger partial charge in [0.15, 0.2) is 5.03 Å². The van der Waals surface area contributed by atoms with Gasteiger partial charge in [0, 0.05) is 12.1 Å². The molecule has 2 aromatic rings. The summed E-state index contributed by atoms with van der Waals surface area (Å²) >= 11 is 0. The van der Waals surface area contributed by atoms with Crippen LogP contribution in [0.4, 0.5) is 5.69 Å². The normalized spacial score (nSPS) is 19.2. The number of aromatic nitrogens is 2. The minimum Gasteiger partial charge on any atom is -0.388 e. The highest BCUT2D eigenvalue weighted by molar-refractivity contribution is 7.92. The van der Waals surface area contributed by atoms with Crippen LogP contribution in [0, 0.1) is 0 Å². The number of nitrogens with one attached hydrogen (secondary N) is 1. The minimum atomic E-state index is -3.65. The molecule has 19 heavy (non-hydrogen) atoms. The zero-order valence-electron chi connectivity index (χ0n) is 10.0. The Morgan fingerprint density at radius 2 is 2.16 bits per heavy atom. The molecular weight excluding hydrogens is 266 g/mol. The van der Waals surface area contributed by atoms with Crippen molar-refractivity contribution in [1.82, 2.24) is 9.97 Å². The van der Waals surface area contributed by atoms with Crippen LogP contribution < -0.4 is 4.31 Å². The third kappa shape index (κ3) is 1.91. The van der Waals surface area contributed by atoms with Crippen LogP contribution in [0.1, 0.15) is 18.1 Å². The highest BCUT2D eigenvalue weighted by atomic mass is 32.2. The van der Waals surface area contributed by atoms with Crippen molar-refractivity contribution in [2.45, 2.75) is 17.6 Å². The smallest absolute Gasteiger partial charge is 0.281 e. The summed E-state index contributed by atoms with van der Waals surface area (Å²) in [5, 5.41) is 9.99. The van der Waals surface area contributed by atoms with Gasteiger partial charge in [-0.05, 0) is 12.5 Å². The van der Waals surface area contributed by atoms with Crippen molar-refractivity contribution in [3.8, 4) is 0 Å². The molecule has 1 aliphatic heterocycles. The van der Waals surface area contributed by atoms with Crippen LogP contribution >= 0.6 is 0 Å². The fourth-order valence-corrected chi connectivity index (χ4v) is 3.67. The van der Waals surface area contributed by atoms with Gasteiger partial charge < -0.3 is 10.1 Å². The molecule has 1 atom stereocenters. The van der Waals surface area contributed by atoms with Gasteiger partial charge in [-0.1, -0.05) is 18.2 Å². The molecular formula is C12H13N3O3S. The van der Waals surface area contributed by atoms with Gasteiger partial charge in [0.05, 0.1) is 24.3 Å². The molecule has 0 fully saturated rings. The van der Waals surface area contributed by atoms with E-state index in [2.05, 4.69) is 9.97 Å². The lowest BCUT2D eigenvalue weighted by atomic mass is 10.0. The molecule has 1 unspecified atom stereocenters. The minimum absolute atomic E-state index is 0.0543. The van der Waals surface area contributed by atoms with Crippen molar-refractivity contribution >= 4 is 15.7 Å². The predicted octanol–water partition coefficient (Wildman–Crippen LogP) is 1.04. The number of rotatable bonds is 2. The lowest BCUT2D eigenvalue weighted by molar-refractivity contribution is 0.166. The van der Waals surface area contributed by atoms with Gasteiger partial charge in [-0.3, -0.25) is 4.31 Å². The monoisotopic (exact) mass is 279 g/mol. The van der Waals surface area contributed by atoms with Gasteiger partial charge in [0.25, 0.3) is 10.0 Å². The van der Waals surface area contributed by atoms with Crippen molar-refractivity contribution in [3.63, 3.8) is 0 Å². The van der Waals surface area contributed by atoms with Crippen LogP contribution in [-0.4, -0.2) is 30.0 Å². The molecule has 2 heterocycles. The Hall–Kier alpha value is -1.86. The summed E-state index contributed by atoms with van der Waals surface area (Å²) in [5.41, 5.74) is 1.16. The Bertz CT molecular complexity index is 682. The first kappa shape index (κ1) is 12.2. The number of nitrogens with zero attached hydrogens (tertiary/aromatic N) is 2. The summed E-state index contributed by atoms with van der Waals surface area (Å²) in [6.07, 6.45) is 2.37. The number of aliphatic hydroxyl groups is 1. The standard InChI is InChI=1S/C12H13N3O3S/c16-11-5-6-15(10-4-2-1-3-9(10)11)19(17,18)12-7-13-8-14-12/h1-4,7-8,11,16H,5-6H2,(H,13,14). The fraction of sp³-hybridized carbons (Fsp3) is 0.250. The maximum Gasteiger partial charge on any atom is 0.281 e. The molecule has 0 radical (unpaired) electrons. The van der Waals surface area contributed by atoms with Crippen LogP contribution in [0.15, 0.2) is 41.8 Å². The second kappa shape index (κ2) is 4.36. The van der Waals surface area contributed by atoms with E-state index in [0.29, 0.717) is 17.7 Å². The van der Waals surface area contributed by atoms with E-state index in [0.717, 1.165) is 0 Å². The molecule has 100 valence electrons. The number of fused-ring (bicyclic) bond motifs is 1. The number of benzene rings is 1. The number of hydrogen-bond donors (Lipinski definition) is 2. The second-order valence-electron chi connectivity index (χ2n) is 4.36. The van der Waals surface area contributed by atoms with E-state index in [1.165, 1.54) is 16.8 Å². The zero-order chi connectivity index (χ0) is 13.5. The largest absolute Gasteiger partial charge is 0.388 e. The zero-order valence-corrected chi connectivity index (χ0v) is 10.8. The molecule has 0 spiro atoms. The molecule has 3 rings (SSSR count). The Morgan fingerprint density at radius 3 is 2.89 bits per heavy atom. The summed E-state index contributed by atoms with van der Waals surface area (Å²) in [4.78, 5) is 6.36. The van der Waals surface area contributed by atoms with Crippen molar-refractivity contribution in [1.29, 1.82) is 0 Å². The van der Waals surface area contributed by atoms with E-state index in [9.17, 15) is 13.5 Å². The topological polar surface area (TPSA) is 86.3 Å². The first-order chi connectivity index (χ1) is 9.10. The number of para-hydroxylation sites is 1. The quantitative estimate of drug-likeness (QED) is 0.860. The van der Waals surface area contributed by atoms with Gasteiger partial charge in [0.2, 0.25) is 0 Å². The molecule has 7 heteroatoms. The molecule has 1 aromatic carbocycles. The van der Waals surface area contributed by atoms with Crippen LogP contribution in [0.3, 0.4) is 0 Å². The lowest BCUT2D eigenvalue weighted by Crippen LogP contribution is -2.36. The number of H-pyrrole nitrogens is 1. The van der Waals surface area contributed by atoms with Crippen molar-refractivity contribution in [2.75, 3.05) is 10.8 Å². The van der Waals surface area contributed by atoms with E-state index in [4.69, 9.17) is 0 Å². The molecule has 2 N–H and O–H groups in total. The lowest BCUT2D eigenvalue weighted by Gasteiger charge is -2.32. The number of aliphatic hydroxyl groups excluding tert-OH is 1. The molecule has 1 aliphatic rings. The Kier molecular flexibility index (Phi) is 2.79. The number of anilines is 1. The second-order valence-corrected chi connectivity index (χ2v) is 6.19. The Labute approximate surface area is 110 Å². The summed E-state index contributed by atoms with van der Waals surface area (Å²) in [6, 6.07) is 6.99. The van der Waals surface area contributed by atoms with Gasteiger partial charge in [-0.15, -0.1) is 0 Å². The summed E-state index contributed by atoms with van der Waals surface area (Å²) < 4.78 is 26.3. The van der Waals surface area contributed by atoms with Crippen LogP contribution in [-0.2, 0) is 10.0 Å². The third-order valence-corrected chi connectivity index (χ3v) is 4.95. The van der Waals surface area contributed by atoms with E-state index in [1.807, 2.05) is 0 Å². The van der Waals surface area contributed by atoms with Gasteiger partial charge in [-0.2, -0.15) is 8.42 Å². The average molecular weight is 279 g/mol. The summed E-state index contributed by atoms with van der Waals surface area (Å²) in [6.45, 7) is 0.250. The predicted molar refractivity (Wildman–Crippen MR) is 69.1 cm³/mol. The summed E-state index contributed by atoms with van der Waals surface area (Å²) in [5.74, 6) is 0. The van der Waals surface area contributed by atoms with Crippen LogP contribution in [0.5, 0.6) is 0 Å². The van der Waals surface area contributed by atoms with E-state index >= 15 is 0 Å². The molecule has 0 saturated carbocycles. The highest BCUT2D eigenvalue weighted by Crippen LogP contribution is 2.36. The van der Waals surface area contributed by atoms with Crippen LogP contribution in [0.25, 0.3) is 0 Å². The average Bonchev–Trinajstić information content (AvgIpc) is 2.94. The van der Waals surface area contributed by atoms with Crippen LogP contribution in [0.2, 0.25) is 0 Å². The molecule has 0 saturated heterocycles. The number of sulfonamides is 1. The first-order valence-electron chi connectivity index (χ1n) is 5.89. The number of hydrogen-bond acceptors (Lipinski definition) is 4. The van der Waals surface area contributed by atoms with Crippen molar-refractivity contribution in [3.05, 3.63) is 42.4 Å². The molecule has 1 aromatic heterocycles. The van der Waals surface area contributed by atoms with E-state index < -0.39 is 16.1 Å². The Morgan fingerprint density at radius 1 is 1.37 bits per heavy atom. The highest BCUT2D eigenvalue weighted by Gasteiger charge is 2.32. The number of aromatic amines is 1. The van der Waals surface area contributed by atoms with Gasteiger partial charge in [0.1, 0.15) is 0 Å². The molecule has 0 amide bonds. The van der Waals surface area contributed by atoms with Crippen molar-refractivity contribution < 1.29 is 13.5 Å². The molecule has 0 bridgehead atoms. The van der Waals surface area contributed by atoms with Crippen molar-refractivity contribution in [2.24, 2.45) is 0 Å². The van der Waals surface area contributed by atoms with Gasteiger partial charge >= 0.3 is 0 Å². The third-order valence-electron chi connectivity index (χ3n) is 3.21. The fourth-order valence-electron chi connectivity index (χ4n) is 2.26. The van der Waals surface area contributed by atoms with Gasteiger partial charge in [-0.25, -0.2) is 4.98 Å². The maximum atomic E-state index is 12.5.